The maximum atomic E-state index is 14.6. The van der Waals surface area contributed by atoms with Crippen molar-refractivity contribution in [1.82, 2.24) is 53.4 Å². The van der Waals surface area contributed by atoms with Gasteiger partial charge in [0, 0.05) is 76.3 Å². The van der Waals surface area contributed by atoms with E-state index in [1.54, 1.807) is 159 Å². The first-order valence-electron chi connectivity index (χ1n) is 36.5. The Hall–Kier alpha value is -8.03. The quantitative estimate of drug-likeness (QED) is 0.0326. The number of ether oxygens (including phenoxy) is 6. The summed E-state index contributed by atoms with van der Waals surface area (Å²) < 4.78 is 63.0. The number of carbonyl (C=O) groups is 10. The molecule has 4 amide bonds. The molecule has 0 saturated heterocycles. The molecule has 0 radical (unpaired) electrons. The van der Waals surface area contributed by atoms with Gasteiger partial charge in [-0.15, -0.1) is 0 Å². The number of amides is 4. The molecule has 3 aromatic rings. The topological polar surface area (TPSA) is 331 Å². The third kappa shape index (κ3) is 41.8. The second-order valence-electron chi connectivity index (χ2n) is 35.4. The van der Waals surface area contributed by atoms with Crippen molar-refractivity contribution in [3.05, 3.63) is 66.3 Å². The van der Waals surface area contributed by atoms with Gasteiger partial charge in [0.25, 0.3) is 0 Å². The summed E-state index contributed by atoms with van der Waals surface area (Å²) in [6.07, 6.45) is 8.12. The lowest BCUT2D eigenvalue weighted by atomic mass is 9.96. The highest BCUT2D eigenvalue weighted by Gasteiger charge is 2.34. The van der Waals surface area contributed by atoms with E-state index in [0.29, 0.717) is 56.2 Å². The van der Waals surface area contributed by atoms with Crippen LogP contribution in [0.2, 0.25) is 0 Å². The lowest BCUT2D eigenvalue weighted by Gasteiger charge is -2.33. The molecule has 31 heteroatoms. The molecule has 1 aromatic carbocycles. The van der Waals surface area contributed by atoms with Gasteiger partial charge in [-0.1, -0.05) is 53.7 Å². The largest absolute Gasteiger partial charge is 0.459 e. The van der Waals surface area contributed by atoms with Gasteiger partial charge in [-0.05, 0) is 172 Å². The number of nitrogens with zero attached hydrogens (tertiary/aromatic N) is 11. The smallest absolute Gasteiger partial charge is 0.326 e. The Morgan fingerprint density at radius 2 is 0.645 bits per heavy atom. The third-order valence-corrected chi connectivity index (χ3v) is 15.0. The number of rotatable bonds is 39. The molecule has 0 spiro atoms. The Labute approximate surface area is 636 Å². The fraction of sp³-hybridized carbons (Fsp3) is 0.711. The lowest BCUT2D eigenvalue weighted by Crippen LogP contribution is -2.50. The number of nitrogens with one attached hydrogen (secondary N) is 1. The molecular weight excluding hydrogens is 1400 g/mol. The zero-order valence-corrected chi connectivity index (χ0v) is 69.3. The van der Waals surface area contributed by atoms with Crippen molar-refractivity contribution >= 4 is 76.0 Å². The molecule has 0 atom stereocenters. The summed E-state index contributed by atoms with van der Waals surface area (Å²) in [6.45, 7) is 39.6. The summed E-state index contributed by atoms with van der Waals surface area (Å²) in [4.78, 5) is 158. The summed E-state index contributed by atoms with van der Waals surface area (Å²) in [7, 11) is -2.90. The summed E-state index contributed by atoms with van der Waals surface area (Å²) in [6, 6.07) is 6.99. The molecule has 0 unspecified atom stereocenters. The van der Waals surface area contributed by atoms with E-state index >= 15 is 0 Å². The highest BCUT2D eigenvalue weighted by Crippen LogP contribution is 2.22. The number of aromatic nitrogens is 4. The summed E-state index contributed by atoms with van der Waals surface area (Å²) in [5.41, 5.74) is -5.00. The Balaban J connectivity index is 2.11. The number of benzene rings is 1. The molecule has 107 heavy (non-hydrogen) atoms. The molecule has 3 rings (SSSR count). The van der Waals surface area contributed by atoms with Crippen LogP contribution in [0.5, 0.6) is 0 Å². The number of hydrogen-bond donors (Lipinski definition) is 2. The van der Waals surface area contributed by atoms with Crippen LogP contribution in [0, 0.1) is 10.8 Å². The Bertz CT molecular complexity index is 3250. The number of carbonyl (C=O) groups excluding carboxylic acids is 10. The normalized spacial score (nSPS) is 12.6. The molecule has 604 valence electrons. The van der Waals surface area contributed by atoms with E-state index in [-0.39, 0.29) is 65.4 Å². The monoisotopic (exact) mass is 1530 g/mol. The third-order valence-electron chi connectivity index (χ3n) is 14.6. The van der Waals surface area contributed by atoms with Gasteiger partial charge in [0.05, 0.1) is 39.3 Å². The zero-order valence-electron chi connectivity index (χ0n) is 68.4. The minimum Gasteiger partial charge on any atom is -0.459 e. The molecule has 30 nitrogen and oxygen atoms in total. The number of aryl methyl sites for hydroxylation is 2. The maximum absolute atomic E-state index is 14.6. The second kappa shape index (κ2) is 40.4. The minimum atomic E-state index is -2.90. The molecular formula is C76H126N12O18S. The van der Waals surface area contributed by atoms with Crippen LogP contribution < -0.4 is 4.72 Å². The van der Waals surface area contributed by atoms with Crippen LogP contribution in [0.25, 0.3) is 0 Å². The fourth-order valence-electron chi connectivity index (χ4n) is 10.9. The highest BCUT2D eigenvalue weighted by molar-refractivity contribution is 7.73. The average Bonchev–Trinajstić information content (AvgIpc) is 1.85. The van der Waals surface area contributed by atoms with Crippen LogP contribution in [0.3, 0.4) is 0 Å². The molecule has 0 aliphatic rings. The first kappa shape index (κ1) is 93.2. The molecule has 2 aromatic heterocycles. The van der Waals surface area contributed by atoms with Gasteiger partial charge in [-0.25, -0.2) is 18.4 Å². The lowest BCUT2D eigenvalue weighted by molar-refractivity contribution is -0.165. The van der Waals surface area contributed by atoms with E-state index in [9.17, 15) is 56.4 Å². The minimum absolute atomic E-state index is 0.127. The van der Waals surface area contributed by atoms with E-state index in [1.165, 1.54) is 9.80 Å². The van der Waals surface area contributed by atoms with E-state index in [4.69, 9.17) is 38.4 Å². The van der Waals surface area contributed by atoms with Crippen molar-refractivity contribution in [3.8, 4) is 0 Å². The molecule has 0 aliphatic heterocycles. The summed E-state index contributed by atoms with van der Waals surface area (Å²) in [5.74, 6) is -5.29. The van der Waals surface area contributed by atoms with Crippen LogP contribution in [-0.2, 0) is 120 Å². The predicted molar refractivity (Wildman–Crippen MR) is 405 cm³/mol. The predicted octanol–water partition coefficient (Wildman–Crippen LogP) is 7.10. The van der Waals surface area contributed by atoms with E-state index in [1.807, 2.05) is 75.2 Å². The number of thiol groups is 1. The highest BCUT2D eigenvalue weighted by atomic mass is 32.2. The zero-order chi connectivity index (χ0) is 81.4. The van der Waals surface area contributed by atoms with Crippen molar-refractivity contribution in [1.29, 1.82) is 0 Å². The molecule has 0 bridgehead atoms. The van der Waals surface area contributed by atoms with Crippen molar-refractivity contribution in [2.75, 3.05) is 103 Å². The van der Waals surface area contributed by atoms with Crippen LogP contribution in [-0.4, -0.2) is 253 Å². The standard InChI is InChI=1S/C76H126N12O18S/c1-69(2,3)53-87(51-67(97)105-75(19,20)21)61(91)45-80(43-59(89)85(47-63(93)101-71(7,8)9)48-64(94)102-72(10,11)12)34-25-36-83-39-32-77-57(83)41-82(38-31-55-27-29-56(30-28-55)79-107(99)100)42-58-78-33-40-84(58)37-26-35-81(46-62(92)88(54-70(4,5)6)52-68(98)106-76(22,23)24)44-60(90)86(49-65(95)103-73(13,14)15)50-66(96)104-74(16,17)18/h27-30,32-33,39-40,107H,25-26,31,34-38,41-54H2,1-24H3,(H,79,99,100). The summed E-state index contributed by atoms with van der Waals surface area (Å²) in [5, 5.41) is 0. The van der Waals surface area contributed by atoms with E-state index in [0.717, 1.165) is 15.4 Å². The van der Waals surface area contributed by atoms with Crippen LogP contribution in [0.1, 0.15) is 196 Å². The van der Waals surface area contributed by atoms with Gasteiger partial charge in [0.15, 0.2) is 0 Å². The van der Waals surface area contributed by atoms with E-state index in [2.05, 4.69) is 9.62 Å². The number of imidazole rings is 2. The van der Waals surface area contributed by atoms with Crippen LogP contribution >= 0.6 is 0 Å². The van der Waals surface area contributed by atoms with Gasteiger partial charge >= 0.3 is 35.8 Å². The molecule has 2 heterocycles. The molecule has 1 N–H and O–H groups in total. The SMILES string of the molecule is CC(C)(C)CN(CC(=O)OC(C)(C)C)C(=O)CN(CCCn1ccnc1CN(CCc1ccc(N[SH](=O)=O)cc1)Cc1nccn1CCCN(CC(=O)N(CC(=O)OC(C)(C)C)CC(=O)OC(C)(C)C)CC(=O)N(CC(=O)OC(C)(C)C)CC(C)(C)C)CC(=O)N(CC(=O)OC(C)(C)C)CC(=O)OC(C)(C)C. The molecule has 0 fully saturated rings. The molecule has 0 saturated carbocycles. The molecule has 0 aliphatic carbocycles. The number of hydrogen-bond acceptors (Lipinski definition) is 23. The first-order valence-corrected chi connectivity index (χ1v) is 37.6. The Kier molecular flexibility index (Phi) is 35.2. The van der Waals surface area contributed by atoms with E-state index < -0.39 is 154 Å². The number of anilines is 1. The van der Waals surface area contributed by atoms with Gasteiger partial charge in [0.2, 0.25) is 34.5 Å². The number of esters is 6. The van der Waals surface area contributed by atoms with Gasteiger partial charge in [0.1, 0.15) is 84.5 Å². The fourth-order valence-corrected chi connectivity index (χ4v) is 11.3. The van der Waals surface area contributed by atoms with Crippen molar-refractivity contribution in [2.24, 2.45) is 10.8 Å². The van der Waals surface area contributed by atoms with Crippen molar-refractivity contribution in [3.63, 3.8) is 0 Å². The van der Waals surface area contributed by atoms with Gasteiger partial charge in [-0.3, -0.25) is 67.4 Å². The Morgan fingerprint density at radius 3 is 0.907 bits per heavy atom. The van der Waals surface area contributed by atoms with Gasteiger partial charge < -0.3 is 57.2 Å². The van der Waals surface area contributed by atoms with Crippen molar-refractivity contribution < 1.29 is 84.8 Å². The summed E-state index contributed by atoms with van der Waals surface area (Å²) >= 11 is 0. The maximum Gasteiger partial charge on any atom is 0.326 e. The van der Waals surface area contributed by atoms with Crippen molar-refractivity contribution in [2.45, 2.75) is 245 Å². The van der Waals surface area contributed by atoms with Crippen LogP contribution in [0.15, 0.2) is 49.1 Å². The average molecular weight is 1530 g/mol. The van der Waals surface area contributed by atoms with Crippen LogP contribution in [0.4, 0.5) is 5.69 Å². The second-order valence-corrected chi connectivity index (χ2v) is 36.1. The first-order chi connectivity index (χ1) is 48.9. The Morgan fingerprint density at radius 1 is 0.374 bits per heavy atom. The van der Waals surface area contributed by atoms with Gasteiger partial charge in [-0.2, -0.15) is 0 Å².